The smallest absolute Gasteiger partial charge is 0.262 e. The van der Waals surface area contributed by atoms with Crippen molar-refractivity contribution < 1.29 is 28.6 Å². The van der Waals surface area contributed by atoms with Gasteiger partial charge < -0.3 is 19.9 Å². The van der Waals surface area contributed by atoms with Gasteiger partial charge in [-0.25, -0.2) is 9.40 Å². The van der Waals surface area contributed by atoms with Crippen molar-refractivity contribution in [3.63, 3.8) is 0 Å². The Bertz CT molecular complexity index is 1180. The number of aliphatic hydroxyl groups excluding tert-OH is 1. The van der Waals surface area contributed by atoms with E-state index in [-0.39, 0.29) is 31.5 Å². The third-order valence-corrected chi connectivity index (χ3v) is 5.84. The SMILES string of the molecule is CCCN(/N=C/c1csc2c(F)cccc12)C(=O)CNC(=O)c1ccc(OCCO)c(OC)c1. The predicted octanol–water partition coefficient (Wildman–Crippen LogP) is 3.42. The van der Waals surface area contributed by atoms with Gasteiger partial charge in [-0.05, 0) is 30.7 Å². The molecule has 10 heteroatoms. The van der Waals surface area contributed by atoms with Gasteiger partial charge in [0.15, 0.2) is 11.5 Å². The van der Waals surface area contributed by atoms with E-state index in [1.165, 1.54) is 47.9 Å². The highest BCUT2D eigenvalue weighted by atomic mass is 32.1. The highest BCUT2D eigenvalue weighted by molar-refractivity contribution is 7.17. The van der Waals surface area contributed by atoms with Crippen LogP contribution in [-0.2, 0) is 4.79 Å². The van der Waals surface area contributed by atoms with E-state index in [2.05, 4.69) is 10.4 Å². The molecule has 0 fully saturated rings. The topological polar surface area (TPSA) is 100 Å². The summed E-state index contributed by atoms with van der Waals surface area (Å²) in [5.41, 5.74) is 1.01. The zero-order valence-corrected chi connectivity index (χ0v) is 19.7. The average molecular weight is 488 g/mol. The van der Waals surface area contributed by atoms with Gasteiger partial charge in [0.1, 0.15) is 12.4 Å². The summed E-state index contributed by atoms with van der Waals surface area (Å²) in [6, 6.07) is 9.43. The number of hydrogen-bond donors (Lipinski definition) is 2. The van der Waals surface area contributed by atoms with Crippen LogP contribution in [0.3, 0.4) is 0 Å². The standard InChI is InChI=1S/C24H26FN3O5S/c1-3-9-28(27-13-17-15-34-23-18(17)5-4-6-19(23)25)22(30)14-26-24(31)16-7-8-20(33-11-10-29)21(12-16)32-2/h4-8,12-13,15,29H,3,9-11,14H2,1-2H3,(H,26,31)/b27-13+. The molecule has 2 N–H and O–H groups in total. The van der Waals surface area contributed by atoms with E-state index in [0.717, 1.165) is 5.39 Å². The fraction of sp³-hybridized carbons (Fsp3) is 0.292. The molecule has 180 valence electrons. The maximum Gasteiger partial charge on any atom is 0.262 e. The van der Waals surface area contributed by atoms with Crippen molar-refractivity contribution in [3.8, 4) is 11.5 Å². The first kappa shape index (κ1) is 25.1. The van der Waals surface area contributed by atoms with Crippen molar-refractivity contribution in [2.24, 2.45) is 5.10 Å². The molecule has 0 aliphatic carbocycles. The number of nitrogens with zero attached hydrogens (tertiary/aromatic N) is 2. The number of nitrogens with one attached hydrogen (secondary N) is 1. The number of rotatable bonds is 11. The Morgan fingerprint density at radius 1 is 1.26 bits per heavy atom. The minimum absolute atomic E-state index is 0.0975. The lowest BCUT2D eigenvalue weighted by molar-refractivity contribution is -0.130. The Balaban J connectivity index is 1.65. The third kappa shape index (κ3) is 6.09. The van der Waals surface area contributed by atoms with Crippen molar-refractivity contribution in [2.75, 3.05) is 33.4 Å². The molecule has 34 heavy (non-hydrogen) atoms. The van der Waals surface area contributed by atoms with Crippen LogP contribution in [0, 0.1) is 5.82 Å². The highest BCUT2D eigenvalue weighted by Crippen LogP contribution is 2.28. The quantitative estimate of drug-likeness (QED) is 0.319. The first-order valence-corrected chi connectivity index (χ1v) is 11.6. The van der Waals surface area contributed by atoms with E-state index >= 15 is 0 Å². The number of hydrogen-bond acceptors (Lipinski definition) is 7. The predicted molar refractivity (Wildman–Crippen MR) is 129 cm³/mol. The summed E-state index contributed by atoms with van der Waals surface area (Å²) >= 11 is 1.28. The van der Waals surface area contributed by atoms with Crippen LogP contribution in [0.1, 0.15) is 29.3 Å². The minimum Gasteiger partial charge on any atom is -0.493 e. The summed E-state index contributed by atoms with van der Waals surface area (Å²) in [4.78, 5) is 25.3. The van der Waals surface area contributed by atoms with Crippen LogP contribution in [0.15, 0.2) is 46.9 Å². The molecule has 0 saturated carbocycles. The van der Waals surface area contributed by atoms with Crippen LogP contribution in [0.4, 0.5) is 4.39 Å². The molecule has 3 aromatic rings. The van der Waals surface area contributed by atoms with Gasteiger partial charge >= 0.3 is 0 Å². The van der Waals surface area contributed by atoms with Crippen molar-refractivity contribution in [2.45, 2.75) is 13.3 Å². The summed E-state index contributed by atoms with van der Waals surface area (Å²) in [5.74, 6) is -0.402. The molecule has 0 radical (unpaired) electrons. The molecule has 0 atom stereocenters. The number of carbonyl (C=O) groups excluding carboxylic acids is 2. The average Bonchev–Trinajstić information content (AvgIpc) is 3.27. The summed E-state index contributed by atoms with van der Waals surface area (Å²) in [6.45, 7) is 1.98. The molecule has 8 nitrogen and oxygen atoms in total. The molecule has 0 bridgehead atoms. The third-order valence-electron chi connectivity index (χ3n) is 4.82. The van der Waals surface area contributed by atoms with Gasteiger partial charge in [0.05, 0.1) is 31.2 Å². The monoisotopic (exact) mass is 487 g/mol. The number of fused-ring (bicyclic) bond motifs is 1. The molecule has 2 amide bonds. The Labute approximate surface area is 200 Å². The Hall–Kier alpha value is -3.50. The second-order valence-corrected chi connectivity index (χ2v) is 8.07. The fourth-order valence-electron chi connectivity index (χ4n) is 3.17. The Morgan fingerprint density at radius 2 is 2.09 bits per heavy atom. The minimum atomic E-state index is -0.458. The first-order valence-electron chi connectivity index (χ1n) is 10.7. The molecule has 1 heterocycles. The summed E-state index contributed by atoms with van der Waals surface area (Å²) in [7, 11) is 1.44. The van der Waals surface area contributed by atoms with Gasteiger partial charge in [0.2, 0.25) is 0 Å². The number of methoxy groups -OCH3 is 1. The van der Waals surface area contributed by atoms with Crippen LogP contribution in [-0.4, -0.2) is 61.6 Å². The van der Waals surface area contributed by atoms with Crippen LogP contribution >= 0.6 is 11.3 Å². The summed E-state index contributed by atoms with van der Waals surface area (Å²) < 4.78 is 25.0. The lowest BCUT2D eigenvalue weighted by Crippen LogP contribution is -2.38. The Kier molecular flexibility index (Phi) is 8.94. The summed E-state index contributed by atoms with van der Waals surface area (Å²) in [6.07, 6.45) is 2.20. The van der Waals surface area contributed by atoms with E-state index in [1.54, 1.807) is 23.6 Å². The highest BCUT2D eigenvalue weighted by Gasteiger charge is 2.16. The van der Waals surface area contributed by atoms with Crippen molar-refractivity contribution in [1.29, 1.82) is 0 Å². The van der Waals surface area contributed by atoms with E-state index in [4.69, 9.17) is 14.6 Å². The normalized spacial score (nSPS) is 11.1. The maximum absolute atomic E-state index is 13.9. The maximum atomic E-state index is 13.9. The van der Waals surface area contributed by atoms with Crippen molar-refractivity contribution in [3.05, 3.63) is 58.7 Å². The summed E-state index contributed by atoms with van der Waals surface area (Å²) in [5, 5.41) is 19.6. The number of carbonyl (C=O) groups is 2. The fourth-order valence-corrected chi connectivity index (χ4v) is 4.09. The van der Waals surface area contributed by atoms with Crippen LogP contribution in [0.2, 0.25) is 0 Å². The second kappa shape index (κ2) is 12.1. The zero-order chi connectivity index (χ0) is 24.5. The zero-order valence-electron chi connectivity index (χ0n) is 18.9. The molecule has 2 aromatic carbocycles. The van der Waals surface area contributed by atoms with Gasteiger partial charge in [-0.3, -0.25) is 9.59 Å². The van der Waals surface area contributed by atoms with Gasteiger partial charge in [0.25, 0.3) is 11.8 Å². The van der Waals surface area contributed by atoms with Gasteiger partial charge in [-0.2, -0.15) is 5.10 Å². The van der Waals surface area contributed by atoms with Gasteiger partial charge in [-0.1, -0.05) is 19.1 Å². The second-order valence-electron chi connectivity index (χ2n) is 7.19. The Morgan fingerprint density at radius 3 is 2.82 bits per heavy atom. The molecular formula is C24H26FN3O5S. The van der Waals surface area contributed by atoms with E-state index in [1.807, 2.05) is 6.92 Å². The number of benzene rings is 2. The lowest BCUT2D eigenvalue weighted by Gasteiger charge is -2.17. The van der Waals surface area contributed by atoms with Gasteiger partial charge in [-0.15, -0.1) is 11.3 Å². The van der Waals surface area contributed by atoms with E-state index in [9.17, 15) is 14.0 Å². The molecule has 0 spiro atoms. The van der Waals surface area contributed by atoms with Crippen molar-refractivity contribution >= 4 is 39.5 Å². The van der Waals surface area contributed by atoms with Crippen LogP contribution in [0.5, 0.6) is 11.5 Å². The first-order chi connectivity index (χ1) is 16.5. The van der Waals surface area contributed by atoms with Gasteiger partial charge in [0, 0.05) is 28.4 Å². The largest absolute Gasteiger partial charge is 0.493 e. The number of halogens is 1. The van der Waals surface area contributed by atoms with Crippen molar-refractivity contribution in [1.82, 2.24) is 10.3 Å². The molecule has 3 rings (SSSR count). The van der Waals surface area contributed by atoms with Crippen LogP contribution in [0.25, 0.3) is 10.1 Å². The molecule has 1 aromatic heterocycles. The number of thiophene rings is 1. The number of ether oxygens (including phenoxy) is 2. The molecular weight excluding hydrogens is 461 g/mol. The number of amides is 2. The van der Waals surface area contributed by atoms with E-state index in [0.29, 0.717) is 40.3 Å². The number of aliphatic hydroxyl groups is 1. The lowest BCUT2D eigenvalue weighted by atomic mass is 10.2. The van der Waals surface area contributed by atoms with Crippen LogP contribution < -0.4 is 14.8 Å². The van der Waals surface area contributed by atoms with E-state index < -0.39 is 5.91 Å². The number of hydrazone groups is 1. The molecule has 0 aliphatic heterocycles. The molecule has 0 unspecified atom stereocenters. The molecule has 0 saturated heterocycles. The molecule has 0 aliphatic rings.